The Morgan fingerprint density at radius 3 is 2.45 bits per heavy atom. The second kappa shape index (κ2) is 9.22. The zero-order valence-electron chi connectivity index (χ0n) is 16.2. The Bertz CT molecular complexity index is 973. The van der Waals surface area contributed by atoms with Gasteiger partial charge in [0.1, 0.15) is 6.54 Å². The van der Waals surface area contributed by atoms with Gasteiger partial charge in [-0.25, -0.2) is 4.79 Å². The molecule has 154 valence electrons. The minimum atomic E-state index is -1.04. The molecule has 9 heteroatoms. The van der Waals surface area contributed by atoms with E-state index < -0.39 is 35.8 Å². The van der Waals surface area contributed by atoms with Crippen molar-refractivity contribution in [3.05, 3.63) is 57.4 Å². The molecule has 0 radical (unpaired) electrons. The summed E-state index contributed by atoms with van der Waals surface area (Å²) in [5, 5.41) is 2.71. The average Bonchev–Trinajstić information content (AvgIpc) is 2.71. The average molecular weight is 400 g/mol. The van der Waals surface area contributed by atoms with Gasteiger partial charge in [0.05, 0.1) is 0 Å². The summed E-state index contributed by atoms with van der Waals surface area (Å²) in [5.74, 6) is -1.24. The van der Waals surface area contributed by atoms with Crippen molar-refractivity contribution in [2.24, 2.45) is 0 Å². The number of amides is 1. The second-order valence-electron chi connectivity index (χ2n) is 6.95. The number of nitrogens with one attached hydrogen (secondary N) is 2. The Balaban J connectivity index is 1.52. The Kier molecular flexibility index (Phi) is 6.48. The molecule has 1 amide bonds. The molecule has 29 heavy (non-hydrogen) atoms. The number of benzene rings is 1. The molecule has 1 aliphatic rings. The van der Waals surface area contributed by atoms with Crippen LogP contribution in [0.15, 0.2) is 46.1 Å². The van der Waals surface area contributed by atoms with Gasteiger partial charge in [-0.2, -0.15) is 0 Å². The first-order valence-corrected chi connectivity index (χ1v) is 9.57. The number of ether oxygens (including phenoxy) is 1. The number of H-pyrrole nitrogens is 1. The van der Waals surface area contributed by atoms with Crippen LogP contribution < -0.4 is 21.5 Å². The number of hydrogen-bond donors (Lipinski definition) is 2. The molecule has 0 bridgehead atoms. The fourth-order valence-corrected chi connectivity index (χ4v) is 3.15. The third-order valence-corrected chi connectivity index (χ3v) is 4.73. The summed E-state index contributed by atoms with van der Waals surface area (Å²) in [4.78, 5) is 51.3. The predicted molar refractivity (Wildman–Crippen MR) is 108 cm³/mol. The maximum atomic E-state index is 12.3. The van der Waals surface area contributed by atoms with Crippen molar-refractivity contribution in [1.82, 2.24) is 9.55 Å². The molecule has 1 saturated heterocycles. The number of carbonyl (C=O) groups is 2. The summed E-state index contributed by atoms with van der Waals surface area (Å²) in [6, 6.07) is 8.67. The van der Waals surface area contributed by atoms with Gasteiger partial charge in [-0.3, -0.25) is 23.9 Å². The molecular weight excluding hydrogens is 376 g/mol. The molecule has 2 N–H and O–H groups in total. The van der Waals surface area contributed by atoms with Crippen molar-refractivity contribution in [2.45, 2.75) is 38.8 Å². The number of rotatable bonds is 6. The molecule has 9 nitrogen and oxygen atoms in total. The van der Waals surface area contributed by atoms with Crippen LogP contribution in [0.4, 0.5) is 11.4 Å². The fourth-order valence-electron chi connectivity index (χ4n) is 3.15. The van der Waals surface area contributed by atoms with Crippen LogP contribution in [0.3, 0.4) is 0 Å². The molecule has 2 aromatic rings. The van der Waals surface area contributed by atoms with Crippen molar-refractivity contribution >= 4 is 23.3 Å². The predicted octanol–water partition coefficient (Wildman–Crippen LogP) is 1.10. The fraction of sp³-hybridized carbons (Fsp3) is 0.400. The standard InChI is InChI=1S/C20H24N4O5/c1-14(29-18(26)13-24-12-9-17(25)22-20(24)28)19(27)21-15-5-7-16(8-6-15)23-10-3-2-4-11-23/h5-9,12,14H,2-4,10-11,13H2,1H3,(H,21,27)(H,22,25,28)/t14-/m0/s1. The van der Waals surface area contributed by atoms with Crippen LogP contribution >= 0.6 is 0 Å². The Morgan fingerprint density at radius 1 is 1.10 bits per heavy atom. The Hall–Kier alpha value is -3.36. The lowest BCUT2D eigenvalue weighted by atomic mass is 10.1. The van der Waals surface area contributed by atoms with E-state index in [2.05, 4.69) is 10.2 Å². The summed E-state index contributed by atoms with van der Waals surface area (Å²) in [7, 11) is 0. The number of anilines is 2. The van der Waals surface area contributed by atoms with E-state index >= 15 is 0 Å². The molecule has 0 unspecified atom stereocenters. The van der Waals surface area contributed by atoms with E-state index in [0.717, 1.165) is 29.4 Å². The first kappa shape index (κ1) is 20.4. The summed E-state index contributed by atoms with van der Waals surface area (Å²) < 4.78 is 6.08. The van der Waals surface area contributed by atoms with Gasteiger partial charge in [-0.05, 0) is 50.5 Å². The number of carbonyl (C=O) groups excluding carboxylic acids is 2. The highest BCUT2D eigenvalue weighted by Gasteiger charge is 2.19. The van der Waals surface area contributed by atoms with Gasteiger partial charge in [-0.15, -0.1) is 0 Å². The molecule has 1 aromatic carbocycles. The van der Waals surface area contributed by atoms with Crippen LogP contribution in [0.5, 0.6) is 0 Å². The zero-order chi connectivity index (χ0) is 20.8. The number of aromatic amines is 1. The lowest BCUT2D eigenvalue weighted by molar-refractivity contribution is -0.153. The van der Waals surface area contributed by atoms with Crippen molar-refractivity contribution in [3.8, 4) is 0 Å². The quantitative estimate of drug-likeness (QED) is 0.702. The maximum absolute atomic E-state index is 12.3. The maximum Gasteiger partial charge on any atom is 0.328 e. The topological polar surface area (TPSA) is 113 Å². The largest absolute Gasteiger partial charge is 0.451 e. The smallest absolute Gasteiger partial charge is 0.328 e. The zero-order valence-corrected chi connectivity index (χ0v) is 16.2. The van der Waals surface area contributed by atoms with Gasteiger partial charge in [0.15, 0.2) is 6.10 Å². The SMILES string of the molecule is C[C@H](OC(=O)Cn1ccc(=O)[nH]c1=O)C(=O)Nc1ccc(N2CCCCC2)cc1. The normalized spacial score (nSPS) is 14.9. The third-order valence-electron chi connectivity index (χ3n) is 4.73. The monoisotopic (exact) mass is 400 g/mol. The number of esters is 1. The van der Waals surface area contributed by atoms with Gasteiger partial charge in [0.25, 0.3) is 11.5 Å². The number of piperidine rings is 1. The van der Waals surface area contributed by atoms with Crippen molar-refractivity contribution in [1.29, 1.82) is 0 Å². The van der Waals surface area contributed by atoms with E-state index in [-0.39, 0.29) is 0 Å². The second-order valence-corrected chi connectivity index (χ2v) is 6.95. The lowest BCUT2D eigenvalue weighted by Crippen LogP contribution is -2.35. The van der Waals surface area contributed by atoms with E-state index in [1.165, 1.54) is 32.4 Å². The highest BCUT2D eigenvalue weighted by Crippen LogP contribution is 2.21. The van der Waals surface area contributed by atoms with Crippen LogP contribution in [-0.2, 0) is 20.9 Å². The Labute approximate surface area is 167 Å². The van der Waals surface area contributed by atoms with Crippen LogP contribution in [0.1, 0.15) is 26.2 Å². The summed E-state index contributed by atoms with van der Waals surface area (Å²) in [5.41, 5.74) is 0.447. The molecule has 1 atom stereocenters. The van der Waals surface area contributed by atoms with Crippen LogP contribution in [0, 0.1) is 0 Å². The van der Waals surface area contributed by atoms with Gasteiger partial charge < -0.3 is 15.0 Å². The minimum Gasteiger partial charge on any atom is -0.451 e. The van der Waals surface area contributed by atoms with Gasteiger partial charge in [0, 0.05) is 36.7 Å². The van der Waals surface area contributed by atoms with Gasteiger partial charge in [-0.1, -0.05) is 0 Å². The molecule has 3 rings (SSSR count). The van der Waals surface area contributed by atoms with Crippen LogP contribution in [0.2, 0.25) is 0 Å². The van der Waals surface area contributed by atoms with Gasteiger partial charge >= 0.3 is 11.7 Å². The molecule has 2 heterocycles. The van der Waals surface area contributed by atoms with E-state index in [1.54, 1.807) is 0 Å². The minimum absolute atomic E-state index is 0.405. The van der Waals surface area contributed by atoms with Crippen molar-refractivity contribution in [2.75, 3.05) is 23.3 Å². The highest BCUT2D eigenvalue weighted by molar-refractivity contribution is 5.95. The van der Waals surface area contributed by atoms with Crippen molar-refractivity contribution < 1.29 is 14.3 Å². The first-order valence-electron chi connectivity index (χ1n) is 9.57. The first-order chi connectivity index (χ1) is 13.9. The van der Waals surface area contributed by atoms with Crippen LogP contribution in [-0.4, -0.2) is 40.6 Å². The third kappa shape index (κ3) is 5.56. The van der Waals surface area contributed by atoms with E-state index in [1.807, 2.05) is 29.2 Å². The van der Waals surface area contributed by atoms with E-state index in [4.69, 9.17) is 4.74 Å². The summed E-state index contributed by atoms with van der Waals surface area (Å²) >= 11 is 0. The van der Waals surface area contributed by atoms with Crippen LogP contribution in [0.25, 0.3) is 0 Å². The number of aromatic nitrogens is 2. The van der Waals surface area contributed by atoms with E-state index in [0.29, 0.717) is 5.69 Å². The summed E-state index contributed by atoms with van der Waals surface area (Å²) in [6.07, 6.45) is 3.79. The molecule has 1 aliphatic heterocycles. The molecule has 0 aliphatic carbocycles. The van der Waals surface area contributed by atoms with Gasteiger partial charge in [0.2, 0.25) is 0 Å². The van der Waals surface area contributed by atoms with Crippen molar-refractivity contribution in [3.63, 3.8) is 0 Å². The summed E-state index contributed by atoms with van der Waals surface area (Å²) in [6.45, 7) is 3.12. The Morgan fingerprint density at radius 2 is 1.79 bits per heavy atom. The molecule has 0 saturated carbocycles. The number of nitrogens with zero attached hydrogens (tertiary/aromatic N) is 2. The molecule has 1 fully saturated rings. The highest BCUT2D eigenvalue weighted by atomic mass is 16.5. The van der Waals surface area contributed by atoms with E-state index in [9.17, 15) is 19.2 Å². The molecular formula is C20H24N4O5. The number of hydrogen-bond acceptors (Lipinski definition) is 6. The molecule has 1 aromatic heterocycles. The molecule has 0 spiro atoms. The lowest BCUT2D eigenvalue weighted by Gasteiger charge is -2.28.